The summed E-state index contributed by atoms with van der Waals surface area (Å²) in [5, 5.41) is 3.03. The maximum Gasteiger partial charge on any atom is 0.155 e. The first-order chi connectivity index (χ1) is 9.94. The summed E-state index contributed by atoms with van der Waals surface area (Å²) in [5.41, 5.74) is 2.23. The first kappa shape index (κ1) is 16.5. The average Bonchev–Trinajstić information content (AvgIpc) is 2.45. The topological polar surface area (TPSA) is 46.2 Å². The van der Waals surface area contributed by atoms with Gasteiger partial charge >= 0.3 is 0 Å². The zero-order chi connectivity index (χ0) is 15.5. The predicted molar refractivity (Wildman–Crippen MR) is 88.2 cm³/mol. The molecule has 3 nitrogen and oxygen atoms in total. The van der Waals surface area contributed by atoms with Crippen LogP contribution in [0.15, 0.2) is 24.3 Å². The summed E-state index contributed by atoms with van der Waals surface area (Å²) in [7, 11) is -1.21. The monoisotopic (exact) mass is 309 g/mol. The molecule has 1 saturated carbocycles. The smallest absolute Gasteiger partial charge is 0.155 e. The Kier molecular flexibility index (Phi) is 5.44. The molecule has 1 aromatic carbocycles. The molecule has 21 heavy (non-hydrogen) atoms. The van der Waals surface area contributed by atoms with Crippen LogP contribution < -0.4 is 5.32 Å². The zero-order valence-corrected chi connectivity index (χ0v) is 14.1. The second kappa shape index (κ2) is 6.93. The van der Waals surface area contributed by atoms with E-state index in [9.17, 15) is 8.42 Å². The third-order valence-electron chi connectivity index (χ3n) is 4.71. The first-order valence-electron chi connectivity index (χ1n) is 7.88. The highest BCUT2D eigenvalue weighted by Crippen LogP contribution is 2.30. The van der Waals surface area contributed by atoms with E-state index in [0.29, 0.717) is 5.92 Å². The molecule has 0 heterocycles. The molecule has 3 atom stereocenters. The second-order valence-electron chi connectivity index (χ2n) is 6.42. The molecule has 4 heteroatoms. The van der Waals surface area contributed by atoms with Gasteiger partial charge in [-0.15, -0.1) is 0 Å². The lowest BCUT2D eigenvalue weighted by atomic mass is 9.91. The van der Waals surface area contributed by atoms with Gasteiger partial charge in [0.2, 0.25) is 0 Å². The number of aryl methyl sites for hydroxylation is 1. The maximum atomic E-state index is 12.7. The quantitative estimate of drug-likeness (QED) is 0.908. The molecule has 1 aromatic rings. The van der Waals surface area contributed by atoms with Gasteiger partial charge in [-0.2, -0.15) is 0 Å². The Balaban J connectivity index is 2.16. The largest absolute Gasteiger partial charge is 0.312 e. The molecule has 0 saturated heterocycles. The molecule has 0 radical (unpaired) electrons. The average molecular weight is 309 g/mol. The SMILES string of the molecule is CNC(CS(=O)(=O)C1CCCC(C)C1)c1ccccc1C. The van der Waals surface area contributed by atoms with Crippen molar-refractivity contribution in [3.05, 3.63) is 35.4 Å². The Morgan fingerprint density at radius 1 is 1.29 bits per heavy atom. The van der Waals surface area contributed by atoms with Crippen molar-refractivity contribution in [3.8, 4) is 0 Å². The minimum absolute atomic E-state index is 0.117. The normalized spacial score (nSPS) is 24.7. The van der Waals surface area contributed by atoms with Crippen molar-refractivity contribution in [1.29, 1.82) is 0 Å². The summed E-state index contributed by atoms with van der Waals surface area (Å²) >= 11 is 0. The van der Waals surface area contributed by atoms with Crippen LogP contribution >= 0.6 is 0 Å². The minimum atomic E-state index is -3.05. The van der Waals surface area contributed by atoms with Crippen molar-refractivity contribution in [2.75, 3.05) is 12.8 Å². The molecular weight excluding hydrogens is 282 g/mol. The molecule has 1 aliphatic carbocycles. The fraction of sp³-hybridized carbons (Fsp3) is 0.647. The number of benzene rings is 1. The highest BCUT2D eigenvalue weighted by Gasteiger charge is 2.32. The fourth-order valence-corrected chi connectivity index (χ4v) is 5.61. The Labute approximate surface area is 129 Å². The lowest BCUT2D eigenvalue weighted by Gasteiger charge is -2.28. The molecule has 2 rings (SSSR count). The Bertz CT molecular complexity index is 568. The van der Waals surface area contributed by atoms with Crippen molar-refractivity contribution < 1.29 is 8.42 Å². The van der Waals surface area contributed by atoms with Gasteiger partial charge in [0.05, 0.1) is 11.0 Å². The Hall–Kier alpha value is -0.870. The van der Waals surface area contributed by atoms with E-state index in [1.807, 2.05) is 38.2 Å². The molecular formula is C17H27NO2S. The summed E-state index contributed by atoms with van der Waals surface area (Å²) in [5.74, 6) is 0.733. The van der Waals surface area contributed by atoms with Crippen LogP contribution in [0, 0.1) is 12.8 Å². The van der Waals surface area contributed by atoms with Gasteiger partial charge < -0.3 is 5.32 Å². The van der Waals surface area contributed by atoms with E-state index in [1.165, 1.54) is 6.42 Å². The summed E-state index contributed by atoms with van der Waals surface area (Å²) in [4.78, 5) is 0. The van der Waals surface area contributed by atoms with E-state index >= 15 is 0 Å². The summed E-state index contributed by atoms with van der Waals surface area (Å²) in [6.45, 7) is 4.20. The molecule has 0 spiro atoms. The second-order valence-corrected chi connectivity index (χ2v) is 8.75. The number of hydrogen-bond donors (Lipinski definition) is 1. The van der Waals surface area contributed by atoms with Crippen LogP contribution in [0.5, 0.6) is 0 Å². The number of hydrogen-bond acceptors (Lipinski definition) is 3. The third-order valence-corrected chi connectivity index (χ3v) is 6.95. The fourth-order valence-electron chi connectivity index (χ4n) is 3.38. The van der Waals surface area contributed by atoms with E-state index in [2.05, 4.69) is 12.2 Å². The summed E-state index contributed by atoms with van der Waals surface area (Å²) in [6, 6.07) is 7.91. The van der Waals surface area contributed by atoms with Crippen LogP contribution in [-0.2, 0) is 9.84 Å². The number of sulfone groups is 1. The van der Waals surface area contributed by atoms with Crippen LogP contribution in [0.2, 0.25) is 0 Å². The summed E-state index contributed by atoms with van der Waals surface area (Å²) < 4.78 is 25.5. The Morgan fingerprint density at radius 3 is 2.62 bits per heavy atom. The predicted octanol–water partition coefficient (Wildman–Crippen LogP) is 3.25. The maximum absolute atomic E-state index is 12.7. The van der Waals surface area contributed by atoms with Crippen molar-refractivity contribution in [2.24, 2.45) is 5.92 Å². The van der Waals surface area contributed by atoms with E-state index < -0.39 is 9.84 Å². The van der Waals surface area contributed by atoms with E-state index in [4.69, 9.17) is 0 Å². The lowest BCUT2D eigenvalue weighted by Crippen LogP contribution is -2.34. The highest BCUT2D eigenvalue weighted by atomic mass is 32.2. The van der Waals surface area contributed by atoms with Crippen LogP contribution in [0.25, 0.3) is 0 Å². The molecule has 0 bridgehead atoms. The molecule has 0 aliphatic heterocycles. The number of rotatable bonds is 5. The van der Waals surface area contributed by atoms with Gasteiger partial charge in [-0.25, -0.2) is 8.42 Å². The van der Waals surface area contributed by atoms with Crippen molar-refractivity contribution in [2.45, 2.75) is 50.8 Å². The van der Waals surface area contributed by atoms with Crippen LogP contribution in [0.4, 0.5) is 0 Å². The van der Waals surface area contributed by atoms with Crippen LogP contribution in [0.1, 0.15) is 49.8 Å². The third kappa shape index (κ3) is 4.07. The van der Waals surface area contributed by atoms with Crippen molar-refractivity contribution in [3.63, 3.8) is 0 Å². The van der Waals surface area contributed by atoms with Gasteiger partial charge in [-0.05, 0) is 43.9 Å². The molecule has 0 aromatic heterocycles. The molecule has 3 unspecified atom stereocenters. The highest BCUT2D eigenvalue weighted by molar-refractivity contribution is 7.92. The Morgan fingerprint density at radius 2 is 2.00 bits per heavy atom. The lowest BCUT2D eigenvalue weighted by molar-refractivity contribution is 0.381. The number of nitrogens with one attached hydrogen (secondary N) is 1. The zero-order valence-electron chi connectivity index (χ0n) is 13.3. The van der Waals surface area contributed by atoms with Gasteiger partial charge in [-0.1, -0.05) is 44.0 Å². The van der Waals surface area contributed by atoms with Gasteiger partial charge in [0, 0.05) is 6.04 Å². The molecule has 1 fully saturated rings. The van der Waals surface area contributed by atoms with Gasteiger partial charge in [0.25, 0.3) is 0 Å². The van der Waals surface area contributed by atoms with E-state index in [-0.39, 0.29) is 17.0 Å². The minimum Gasteiger partial charge on any atom is -0.312 e. The van der Waals surface area contributed by atoms with Gasteiger partial charge in [0.1, 0.15) is 0 Å². The van der Waals surface area contributed by atoms with Crippen LogP contribution in [-0.4, -0.2) is 26.5 Å². The van der Waals surface area contributed by atoms with E-state index in [1.54, 1.807) is 0 Å². The van der Waals surface area contributed by atoms with Crippen molar-refractivity contribution >= 4 is 9.84 Å². The summed E-state index contributed by atoms with van der Waals surface area (Å²) in [6.07, 6.45) is 3.86. The van der Waals surface area contributed by atoms with E-state index in [0.717, 1.165) is 30.4 Å². The molecule has 118 valence electrons. The first-order valence-corrected chi connectivity index (χ1v) is 9.60. The standard InChI is InChI=1S/C17H27NO2S/c1-13-7-6-9-15(11-13)21(19,20)12-17(18-3)16-10-5-4-8-14(16)2/h4-5,8,10,13,15,17-18H,6-7,9,11-12H2,1-3H3. The van der Waals surface area contributed by atoms with Gasteiger partial charge in [-0.3, -0.25) is 0 Å². The molecule has 1 N–H and O–H groups in total. The molecule has 1 aliphatic rings. The molecule has 0 amide bonds. The van der Waals surface area contributed by atoms with Gasteiger partial charge in [0.15, 0.2) is 9.84 Å². The van der Waals surface area contributed by atoms with Crippen LogP contribution in [0.3, 0.4) is 0 Å². The van der Waals surface area contributed by atoms with Crippen molar-refractivity contribution in [1.82, 2.24) is 5.32 Å².